The normalized spacial score (nSPS) is 8.75. The van der Waals surface area contributed by atoms with Gasteiger partial charge in [0, 0.05) is 27.5 Å². The fraction of sp³-hybridized carbons (Fsp3) is 0.333. The first-order valence-electron chi connectivity index (χ1n) is 2.26. The standard InChI is InChI=1S/C6H9O.Pt/c1-3-5-6(7)4-2;/h3,5H,2,4H2,1H3;. The smallest absolute Gasteiger partial charge is 0.155 e. The zero-order valence-corrected chi connectivity index (χ0v) is 7.07. The summed E-state index contributed by atoms with van der Waals surface area (Å²) in [7, 11) is 0. The Hall–Kier alpha value is 0.0983. The van der Waals surface area contributed by atoms with Crippen molar-refractivity contribution >= 4 is 5.78 Å². The van der Waals surface area contributed by atoms with E-state index in [-0.39, 0.29) is 26.8 Å². The van der Waals surface area contributed by atoms with Gasteiger partial charge in [0.05, 0.1) is 0 Å². The molecule has 0 amide bonds. The molecule has 2 heteroatoms. The van der Waals surface area contributed by atoms with E-state index in [9.17, 15) is 4.79 Å². The van der Waals surface area contributed by atoms with Gasteiger partial charge in [-0.1, -0.05) is 6.08 Å². The Balaban J connectivity index is 0. The van der Waals surface area contributed by atoms with Crippen LogP contribution in [0.25, 0.3) is 0 Å². The van der Waals surface area contributed by atoms with Crippen molar-refractivity contribution < 1.29 is 25.9 Å². The third-order valence-corrected chi connectivity index (χ3v) is 0.599. The van der Waals surface area contributed by atoms with Crippen molar-refractivity contribution in [3.63, 3.8) is 0 Å². The van der Waals surface area contributed by atoms with E-state index in [4.69, 9.17) is 0 Å². The minimum atomic E-state index is 0. The van der Waals surface area contributed by atoms with Crippen molar-refractivity contribution in [3.8, 4) is 0 Å². The van der Waals surface area contributed by atoms with Gasteiger partial charge in [-0.05, 0) is 19.9 Å². The largest absolute Gasteiger partial charge is 0.295 e. The van der Waals surface area contributed by atoms with E-state index in [2.05, 4.69) is 6.92 Å². The molecule has 0 saturated carbocycles. The summed E-state index contributed by atoms with van der Waals surface area (Å²) >= 11 is 0. The monoisotopic (exact) mass is 292 g/mol. The maximum Gasteiger partial charge on any atom is 0.155 e. The Morgan fingerprint density at radius 2 is 2.25 bits per heavy atom. The quantitative estimate of drug-likeness (QED) is 0.702. The van der Waals surface area contributed by atoms with Crippen LogP contribution in [0.1, 0.15) is 13.3 Å². The van der Waals surface area contributed by atoms with Gasteiger partial charge >= 0.3 is 0 Å². The first-order valence-corrected chi connectivity index (χ1v) is 2.26. The van der Waals surface area contributed by atoms with Gasteiger partial charge in [0.15, 0.2) is 5.78 Å². The van der Waals surface area contributed by atoms with Crippen molar-refractivity contribution in [1.29, 1.82) is 0 Å². The molecular formula is C6H9OPt. The Bertz CT molecular complexity index is 86.5. The van der Waals surface area contributed by atoms with E-state index in [0.29, 0.717) is 6.42 Å². The number of rotatable bonds is 2. The van der Waals surface area contributed by atoms with E-state index in [1.807, 2.05) is 6.92 Å². The van der Waals surface area contributed by atoms with Gasteiger partial charge < -0.3 is 0 Å². The van der Waals surface area contributed by atoms with Crippen LogP contribution in [0.4, 0.5) is 0 Å². The molecule has 0 aliphatic heterocycles. The second-order valence-corrected chi connectivity index (χ2v) is 1.22. The van der Waals surface area contributed by atoms with Gasteiger partial charge in [-0.15, -0.1) is 0 Å². The van der Waals surface area contributed by atoms with Crippen LogP contribution in [-0.2, 0) is 25.9 Å². The second-order valence-electron chi connectivity index (χ2n) is 1.22. The molecule has 1 nitrogen and oxygen atoms in total. The van der Waals surface area contributed by atoms with Gasteiger partial charge in [0.2, 0.25) is 0 Å². The molecule has 0 aliphatic carbocycles. The van der Waals surface area contributed by atoms with Crippen molar-refractivity contribution in [1.82, 2.24) is 0 Å². The van der Waals surface area contributed by atoms with Crippen LogP contribution < -0.4 is 0 Å². The van der Waals surface area contributed by atoms with Gasteiger partial charge in [-0.25, -0.2) is 0 Å². The average molecular weight is 292 g/mol. The number of ketones is 1. The van der Waals surface area contributed by atoms with Crippen molar-refractivity contribution in [2.75, 3.05) is 0 Å². The summed E-state index contributed by atoms with van der Waals surface area (Å²) in [5.74, 6) is 0.0856. The van der Waals surface area contributed by atoms with Crippen molar-refractivity contribution in [3.05, 3.63) is 19.1 Å². The molecule has 0 unspecified atom stereocenters. The minimum Gasteiger partial charge on any atom is -0.295 e. The van der Waals surface area contributed by atoms with Gasteiger partial charge in [-0.2, -0.15) is 0 Å². The summed E-state index contributed by atoms with van der Waals surface area (Å²) in [6.07, 6.45) is 3.60. The number of allylic oxidation sites excluding steroid dienone is 2. The van der Waals surface area contributed by atoms with Gasteiger partial charge in [-0.3, -0.25) is 4.79 Å². The average Bonchev–Trinajstić information content (AvgIpc) is 1.68. The molecular weight excluding hydrogens is 283 g/mol. The summed E-state index contributed by atoms with van der Waals surface area (Å²) in [5.41, 5.74) is 0. The van der Waals surface area contributed by atoms with Crippen molar-refractivity contribution in [2.24, 2.45) is 0 Å². The number of hydrogen-bond acceptors (Lipinski definition) is 1. The molecule has 49 valence electrons. The van der Waals surface area contributed by atoms with E-state index in [0.717, 1.165) is 0 Å². The Morgan fingerprint density at radius 3 is 2.38 bits per heavy atom. The Morgan fingerprint density at radius 1 is 1.75 bits per heavy atom. The minimum absolute atomic E-state index is 0. The maximum absolute atomic E-state index is 10.3. The Labute approximate surface area is 64.4 Å². The molecule has 0 atom stereocenters. The second kappa shape index (κ2) is 7.10. The predicted molar refractivity (Wildman–Crippen MR) is 29.8 cm³/mol. The number of carbonyl (C=O) groups excluding carboxylic acids is 1. The molecule has 0 aromatic rings. The summed E-state index contributed by atoms with van der Waals surface area (Å²) in [6, 6.07) is 0. The molecule has 0 fully saturated rings. The predicted octanol–water partition coefficient (Wildman–Crippen LogP) is 1.35. The van der Waals surface area contributed by atoms with Crippen LogP contribution in [0, 0.1) is 6.92 Å². The van der Waals surface area contributed by atoms with Crippen LogP contribution in [0.2, 0.25) is 0 Å². The SMILES string of the molecule is [CH2]CC(=O)C=CC.[Pt]. The molecule has 0 rings (SSSR count). The zero-order chi connectivity index (χ0) is 5.70. The molecule has 0 heterocycles. The zero-order valence-electron chi connectivity index (χ0n) is 4.79. The first kappa shape index (κ1) is 11.0. The molecule has 0 aromatic heterocycles. The maximum atomic E-state index is 10.3. The van der Waals surface area contributed by atoms with Gasteiger partial charge in [0.25, 0.3) is 0 Å². The van der Waals surface area contributed by atoms with E-state index >= 15 is 0 Å². The summed E-state index contributed by atoms with van der Waals surface area (Å²) in [6.45, 7) is 5.22. The fourth-order valence-corrected chi connectivity index (χ4v) is 0.269. The van der Waals surface area contributed by atoms with Crippen LogP contribution in [0.15, 0.2) is 12.2 Å². The molecule has 0 aliphatic rings. The summed E-state index contributed by atoms with van der Waals surface area (Å²) in [5, 5.41) is 0. The fourth-order valence-electron chi connectivity index (χ4n) is 0.269. The molecule has 1 radical (unpaired) electrons. The van der Waals surface area contributed by atoms with Crippen LogP contribution >= 0.6 is 0 Å². The molecule has 0 bridgehead atoms. The topological polar surface area (TPSA) is 17.1 Å². The van der Waals surface area contributed by atoms with Crippen LogP contribution in [0.5, 0.6) is 0 Å². The number of carbonyl (C=O) groups is 1. The molecule has 8 heavy (non-hydrogen) atoms. The molecule has 0 N–H and O–H groups in total. The van der Waals surface area contributed by atoms with Crippen LogP contribution in [0.3, 0.4) is 0 Å². The third-order valence-electron chi connectivity index (χ3n) is 0.599. The first-order chi connectivity index (χ1) is 3.31. The summed E-state index contributed by atoms with van der Waals surface area (Å²) < 4.78 is 0. The number of hydrogen-bond donors (Lipinski definition) is 0. The Kier molecular flexibility index (Phi) is 9.74. The van der Waals surface area contributed by atoms with E-state index in [1.165, 1.54) is 6.08 Å². The molecule has 0 spiro atoms. The van der Waals surface area contributed by atoms with E-state index < -0.39 is 0 Å². The van der Waals surface area contributed by atoms with Crippen molar-refractivity contribution in [2.45, 2.75) is 13.3 Å². The van der Waals surface area contributed by atoms with Crippen LogP contribution in [-0.4, -0.2) is 5.78 Å². The summed E-state index contributed by atoms with van der Waals surface area (Å²) in [4.78, 5) is 10.3. The molecule has 0 saturated heterocycles. The third kappa shape index (κ3) is 6.10. The van der Waals surface area contributed by atoms with Gasteiger partial charge in [0.1, 0.15) is 0 Å². The van der Waals surface area contributed by atoms with E-state index in [1.54, 1.807) is 6.08 Å². The molecule has 0 aromatic carbocycles.